The first kappa shape index (κ1) is 14.0. The summed E-state index contributed by atoms with van der Waals surface area (Å²) in [6.07, 6.45) is 2.21. The van der Waals surface area contributed by atoms with Crippen LogP contribution in [0.25, 0.3) is 0 Å². The zero-order chi connectivity index (χ0) is 13.9. The van der Waals surface area contributed by atoms with E-state index in [1.807, 2.05) is 37.3 Å². The van der Waals surface area contributed by atoms with Crippen molar-refractivity contribution in [2.75, 3.05) is 13.1 Å². The van der Waals surface area contributed by atoms with Crippen molar-refractivity contribution in [3.05, 3.63) is 35.9 Å². The van der Waals surface area contributed by atoms with E-state index < -0.39 is 11.6 Å². The van der Waals surface area contributed by atoms with Gasteiger partial charge in [0.05, 0.1) is 24.7 Å². The lowest BCUT2D eigenvalue weighted by Gasteiger charge is -2.47. The van der Waals surface area contributed by atoms with Crippen molar-refractivity contribution in [3.63, 3.8) is 0 Å². The van der Waals surface area contributed by atoms with Gasteiger partial charge < -0.3 is 15.7 Å². The Kier molecular flexibility index (Phi) is 4.22. The molecule has 0 unspecified atom stereocenters. The van der Waals surface area contributed by atoms with Crippen molar-refractivity contribution in [2.45, 2.75) is 37.8 Å². The number of aliphatic hydroxyl groups is 1. The molecule has 1 heterocycles. The van der Waals surface area contributed by atoms with Gasteiger partial charge >= 0.3 is 0 Å². The van der Waals surface area contributed by atoms with Crippen LogP contribution < -0.4 is 5.73 Å². The van der Waals surface area contributed by atoms with E-state index in [1.165, 1.54) is 0 Å². The van der Waals surface area contributed by atoms with Crippen LogP contribution in [0, 0.1) is 0 Å². The summed E-state index contributed by atoms with van der Waals surface area (Å²) in [7, 11) is 0. The van der Waals surface area contributed by atoms with Crippen LogP contribution in [0.5, 0.6) is 0 Å². The highest BCUT2D eigenvalue weighted by Gasteiger charge is 2.43. The number of hydrogen-bond donors (Lipinski definition) is 2. The minimum absolute atomic E-state index is 0.0652. The van der Waals surface area contributed by atoms with E-state index in [9.17, 15) is 9.90 Å². The molecule has 1 aromatic carbocycles. The molecule has 2 rings (SSSR count). The molecule has 1 aromatic rings. The van der Waals surface area contributed by atoms with Gasteiger partial charge in [0.2, 0.25) is 5.91 Å². The molecule has 0 radical (unpaired) electrons. The number of likely N-dealkylation sites (tertiary alicyclic amines) is 1. The van der Waals surface area contributed by atoms with Crippen molar-refractivity contribution in [1.29, 1.82) is 0 Å². The van der Waals surface area contributed by atoms with Crippen molar-refractivity contribution in [3.8, 4) is 0 Å². The number of rotatable bonds is 5. The molecule has 1 fully saturated rings. The first-order valence-electron chi connectivity index (χ1n) is 6.85. The second-order valence-electron chi connectivity index (χ2n) is 5.46. The summed E-state index contributed by atoms with van der Waals surface area (Å²) in [6.45, 7) is 2.87. The molecule has 0 aromatic heterocycles. The van der Waals surface area contributed by atoms with Gasteiger partial charge in [0, 0.05) is 0 Å². The van der Waals surface area contributed by atoms with Gasteiger partial charge in [-0.1, -0.05) is 43.7 Å². The zero-order valence-electron chi connectivity index (χ0n) is 11.4. The van der Waals surface area contributed by atoms with Gasteiger partial charge in [-0.2, -0.15) is 0 Å². The second-order valence-corrected chi connectivity index (χ2v) is 5.46. The third-order valence-corrected chi connectivity index (χ3v) is 3.61. The fourth-order valence-electron chi connectivity index (χ4n) is 2.63. The molecule has 1 aliphatic rings. The Morgan fingerprint density at radius 2 is 2.05 bits per heavy atom. The molecule has 1 aliphatic heterocycles. The van der Waals surface area contributed by atoms with E-state index in [0.29, 0.717) is 19.5 Å². The molecule has 104 valence electrons. The number of benzene rings is 1. The Hall–Kier alpha value is -1.39. The summed E-state index contributed by atoms with van der Waals surface area (Å²) >= 11 is 0. The lowest BCUT2D eigenvalue weighted by molar-refractivity contribution is -0.157. The Morgan fingerprint density at radius 1 is 1.42 bits per heavy atom. The van der Waals surface area contributed by atoms with Crippen LogP contribution in [0.2, 0.25) is 0 Å². The lowest BCUT2D eigenvalue weighted by atomic mass is 9.88. The molecule has 1 atom stereocenters. The average molecular weight is 262 g/mol. The maximum atomic E-state index is 12.1. The third-order valence-electron chi connectivity index (χ3n) is 3.61. The monoisotopic (exact) mass is 262 g/mol. The number of carbonyl (C=O) groups excluding carboxylic acids is 1. The van der Waals surface area contributed by atoms with E-state index in [2.05, 4.69) is 0 Å². The van der Waals surface area contributed by atoms with Gasteiger partial charge in [0.15, 0.2) is 0 Å². The second kappa shape index (κ2) is 5.72. The van der Waals surface area contributed by atoms with Crippen LogP contribution in [-0.2, 0) is 11.2 Å². The van der Waals surface area contributed by atoms with Crippen LogP contribution in [0.4, 0.5) is 0 Å². The van der Waals surface area contributed by atoms with Crippen molar-refractivity contribution < 1.29 is 9.90 Å². The van der Waals surface area contributed by atoms with Crippen LogP contribution in [0.1, 0.15) is 25.3 Å². The number of nitrogens with zero attached hydrogens (tertiary/aromatic N) is 1. The number of amides is 1. The third kappa shape index (κ3) is 3.33. The van der Waals surface area contributed by atoms with Gasteiger partial charge in [-0.25, -0.2) is 0 Å². The van der Waals surface area contributed by atoms with Gasteiger partial charge in [0.1, 0.15) is 0 Å². The summed E-state index contributed by atoms with van der Waals surface area (Å²) in [6, 6.07) is 9.24. The smallest absolute Gasteiger partial charge is 0.240 e. The van der Waals surface area contributed by atoms with Gasteiger partial charge in [-0.05, 0) is 18.4 Å². The molecule has 19 heavy (non-hydrogen) atoms. The topological polar surface area (TPSA) is 66.6 Å². The highest BCUT2D eigenvalue weighted by Crippen LogP contribution is 2.26. The number of nitrogens with two attached hydrogens (primary N) is 1. The minimum Gasteiger partial charge on any atom is -0.386 e. The van der Waals surface area contributed by atoms with Crippen LogP contribution >= 0.6 is 0 Å². The maximum absolute atomic E-state index is 12.1. The summed E-state index contributed by atoms with van der Waals surface area (Å²) in [5.74, 6) is -0.0652. The number of carbonyl (C=O) groups is 1. The Balaban J connectivity index is 1.85. The summed E-state index contributed by atoms with van der Waals surface area (Å²) in [4.78, 5) is 13.8. The first-order chi connectivity index (χ1) is 9.04. The molecule has 1 amide bonds. The largest absolute Gasteiger partial charge is 0.386 e. The van der Waals surface area contributed by atoms with Gasteiger partial charge in [-0.3, -0.25) is 4.79 Å². The van der Waals surface area contributed by atoms with Gasteiger partial charge in [-0.15, -0.1) is 0 Å². The average Bonchev–Trinajstić information content (AvgIpc) is 2.36. The Bertz CT molecular complexity index is 427. The molecule has 1 saturated heterocycles. The Morgan fingerprint density at radius 3 is 2.63 bits per heavy atom. The highest BCUT2D eigenvalue weighted by atomic mass is 16.3. The summed E-state index contributed by atoms with van der Waals surface area (Å²) in [5.41, 5.74) is 6.33. The quantitative estimate of drug-likeness (QED) is 0.829. The first-order valence-corrected chi connectivity index (χ1v) is 6.85. The number of hydrogen-bond acceptors (Lipinski definition) is 3. The molecular weight excluding hydrogens is 240 g/mol. The van der Waals surface area contributed by atoms with Crippen LogP contribution in [0.15, 0.2) is 30.3 Å². The predicted molar refractivity (Wildman–Crippen MR) is 74.6 cm³/mol. The summed E-state index contributed by atoms with van der Waals surface area (Å²) in [5, 5.41) is 10.1. The van der Waals surface area contributed by atoms with E-state index in [4.69, 9.17) is 5.73 Å². The molecule has 4 heteroatoms. The van der Waals surface area contributed by atoms with Crippen molar-refractivity contribution >= 4 is 5.91 Å². The lowest BCUT2D eigenvalue weighted by Crippen LogP contribution is -2.66. The molecule has 0 saturated carbocycles. The summed E-state index contributed by atoms with van der Waals surface area (Å²) < 4.78 is 0. The van der Waals surface area contributed by atoms with Crippen LogP contribution in [0.3, 0.4) is 0 Å². The fourth-order valence-corrected chi connectivity index (χ4v) is 2.63. The van der Waals surface area contributed by atoms with Crippen LogP contribution in [-0.4, -0.2) is 40.6 Å². The van der Waals surface area contributed by atoms with Crippen molar-refractivity contribution in [2.24, 2.45) is 5.73 Å². The molecular formula is C15H22N2O2. The van der Waals surface area contributed by atoms with E-state index >= 15 is 0 Å². The molecule has 0 spiro atoms. The SMILES string of the molecule is CCCC1(O)CN(C(=O)[C@H](N)Cc2ccccc2)C1. The maximum Gasteiger partial charge on any atom is 0.240 e. The highest BCUT2D eigenvalue weighted by molar-refractivity contribution is 5.83. The standard InChI is InChI=1S/C15H22N2O2/c1-2-8-15(19)10-17(11-15)14(18)13(16)9-12-6-4-3-5-7-12/h3-7,13,19H,2,8-11,16H2,1H3/t13-/m1/s1. The zero-order valence-corrected chi connectivity index (χ0v) is 11.4. The van der Waals surface area contributed by atoms with Gasteiger partial charge in [0.25, 0.3) is 0 Å². The Labute approximate surface area is 114 Å². The van der Waals surface area contributed by atoms with E-state index in [0.717, 1.165) is 18.4 Å². The fraction of sp³-hybridized carbons (Fsp3) is 0.533. The van der Waals surface area contributed by atoms with E-state index in [1.54, 1.807) is 4.90 Å². The normalized spacial score (nSPS) is 18.8. The minimum atomic E-state index is -0.684. The number of β-amino-alcohol motifs (C(OH)–C–C–N with tert-alkyl or cyclic N) is 1. The molecule has 0 bridgehead atoms. The molecule has 0 aliphatic carbocycles. The molecule has 3 N–H and O–H groups in total. The van der Waals surface area contributed by atoms with E-state index in [-0.39, 0.29) is 5.91 Å². The predicted octanol–water partition coefficient (Wildman–Crippen LogP) is 0.930. The molecule has 4 nitrogen and oxygen atoms in total. The van der Waals surface area contributed by atoms with Crippen molar-refractivity contribution in [1.82, 2.24) is 4.90 Å².